The van der Waals surface area contributed by atoms with Crippen LogP contribution in [0.25, 0.3) is 6.08 Å². The van der Waals surface area contributed by atoms with Crippen molar-refractivity contribution in [3.63, 3.8) is 0 Å². The predicted molar refractivity (Wildman–Crippen MR) is 85.0 cm³/mol. The monoisotopic (exact) mass is 316 g/mol. The molecule has 0 N–H and O–H groups in total. The molecule has 1 saturated heterocycles. The first kappa shape index (κ1) is 16.3. The maximum absolute atomic E-state index is 12.3. The first-order valence-electron chi connectivity index (χ1n) is 7.27. The highest BCUT2D eigenvalue weighted by molar-refractivity contribution is 6.30. The fraction of sp³-hybridized carbons (Fsp3) is 0.353. The van der Waals surface area contributed by atoms with E-state index in [4.69, 9.17) is 16.9 Å². The molecule has 1 amide bonds. The van der Waals surface area contributed by atoms with Crippen LogP contribution in [0.5, 0.6) is 0 Å². The minimum absolute atomic E-state index is 0.386. The molecule has 114 valence electrons. The van der Waals surface area contributed by atoms with E-state index in [-0.39, 0.29) is 5.91 Å². The summed E-state index contributed by atoms with van der Waals surface area (Å²) in [5.41, 5.74) is 0.753. The van der Waals surface area contributed by atoms with Crippen LogP contribution in [-0.2, 0) is 9.59 Å². The van der Waals surface area contributed by atoms with E-state index in [2.05, 4.69) is 0 Å². The zero-order valence-corrected chi connectivity index (χ0v) is 12.9. The van der Waals surface area contributed by atoms with Gasteiger partial charge in [-0.1, -0.05) is 29.8 Å². The molecule has 1 aliphatic heterocycles. The normalized spacial score (nSPS) is 16.3. The van der Waals surface area contributed by atoms with E-state index in [1.807, 2.05) is 6.07 Å². The van der Waals surface area contributed by atoms with Crippen LogP contribution in [0.3, 0.4) is 0 Å². The number of likely N-dealkylation sites (tertiary alicyclic amines) is 1. The minimum Gasteiger partial charge on any atom is -0.341 e. The second-order valence-electron chi connectivity index (χ2n) is 5.24. The average Bonchev–Trinajstić information content (AvgIpc) is 2.54. The zero-order chi connectivity index (χ0) is 15.9. The van der Waals surface area contributed by atoms with Crippen molar-refractivity contribution in [1.29, 1.82) is 5.26 Å². The molecule has 0 aliphatic carbocycles. The Morgan fingerprint density at radius 3 is 2.64 bits per heavy atom. The molecule has 0 saturated carbocycles. The number of rotatable bonds is 4. The Morgan fingerprint density at radius 1 is 1.27 bits per heavy atom. The Labute approximate surface area is 135 Å². The molecule has 1 atom stereocenters. The van der Waals surface area contributed by atoms with Gasteiger partial charge in [-0.2, -0.15) is 5.26 Å². The summed E-state index contributed by atoms with van der Waals surface area (Å²) < 4.78 is 0. The SMILES string of the molecule is N#C[C@@H](C(=O)/C=C/c1cccc(Cl)c1)C(=O)N1CCCCC1. The number of hydrogen-bond donors (Lipinski definition) is 0. The Morgan fingerprint density at radius 2 is 2.00 bits per heavy atom. The number of carbonyl (C=O) groups excluding carboxylic acids is 2. The molecule has 1 heterocycles. The van der Waals surface area contributed by atoms with E-state index in [1.54, 1.807) is 35.2 Å². The summed E-state index contributed by atoms with van der Waals surface area (Å²) in [6, 6.07) is 8.84. The van der Waals surface area contributed by atoms with Crippen LogP contribution < -0.4 is 0 Å². The van der Waals surface area contributed by atoms with Gasteiger partial charge >= 0.3 is 0 Å². The molecule has 1 aromatic rings. The summed E-state index contributed by atoms with van der Waals surface area (Å²) in [5.74, 6) is -2.13. The summed E-state index contributed by atoms with van der Waals surface area (Å²) in [6.07, 6.45) is 5.79. The third kappa shape index (κ3) is 4.19. The van der Waals surface area contributed by atoms with Crippen molar-refractivity contribution in [2.45, 2.75) is 19.3 Å². The lowest BCUT2D eigenvalue weighted by atomic mass is 10.0. The second kappa shape index (κ2) is 7.77. The van der Waals surface area contributed by atoms with Crippen LogP contribution in [0, 0.1) is 17.2 Å². The molecule has 2 rings (SSSR count). The third-order valence-corrected chi connectivity index (χ3v) is 3.85. The fourth-order valence-corrected chi connectivity index (χ4v) is 2.62. The Balaban J connectivity index is 2.05. The summed E-state index contributed by atoms with van der Waals surface area (Å²) in [5, 5.41) is 9.73. The van der Waals surface area contributed by atoms with E-state index in [0.717, 1.165) is 24.8 Å². The van der Waals surface area contributed by atoms with Gasteiger partial charge < -0.3 is 4.90 Å². The van der Waals surface area contributed by atoms with Gasteiger partial charge in [0.25, 0.3) is 0 Å². The van der Waals surface area contributed by atoms with E-state index in [9.17, 15) is 9.59 Å². The molecule has 4 nitrogen and oxygen atoms in total. The lowest BCUT2D eigenvalue weighted by Gasteiger charge is -2.27. The number of benzene rings is 1. The van der Waals surface area contributed by atoms with E-state index in [0.29, 0.717) is 18.1 Å². The zero-order valence-electron chi connectivity index (χ0n) is 12.2. The van der Waals surface area contributed by atoms with Gasteiger partial charge in [0.2, 0.25) is 5.91 Å². The number of hydrogen-bond acceptors (Lipinski definition) is 3. The van der Waals surface area contributed by atoms with Gasteiger partial charge in [-0.3, -0.25) is 9.59 Å². The van der Waals surface area contributed by atoms with Crippen molar-refractivity contribution < 1.29 is 9.59 Å². The van der Waals surface area contributed by atoms with E-state index in [1.165, 1.54) is 6.08 Å². The number of amides is 1. The number of ketones is 1. The smallest absolute Gasteiger partial charge is 0.247 e. The van der Waals surface area contributed by atoms with Crippen molar-refractivity contribution in [2.75, 3.05) is 13.1 Å². The third-order valence-electron chi connectivity index (χ3n) is 3.62. The summed E-state index contributed by atoms with van der Waals surface area (Å²) >= 11 is 5.87. The van der Waals surface area contributed by atoms with Crippen LogP contribution in [0.2, 0.25) is 5.02 Å². The molecule has 0 bridgehead atoms. The molecule has 1 aromatic carbocycles. The van der Waals surface area contributed by atoms with Crippen molar-refractivity contribution in [2.24, 2.45) is 5.92 Å². The van der Waals surface area contributed by atoms with Gasteiger partial charge in [0, 0.05) is 18.1 Å². The highest BCUT2D eigenvalue weighted by atomic mass is 35.5. The topological polar surface area (TPSA) is 61.2 Å². The number of piperidine rings is 1. The van der Waals surface area contributed by atoms with Crippen molar-refractivity contribution in [3.8, 4) is 6.07 Å². The lowest BCUT2D eigenvalue weighted by molar-refractivity contribution is -0.138. The Kier molecular flexibility index (Phi) is 5.74. The maximum atomic E-state index is 12.3. The number of allylic oxidation sites excluding steroid dienone is 1. The second-order valence-corrected chi connectivity index (χ2v) is 5.68. The molecule has 0 unspecified atom stereocenters. The standard InChI is InChI=1S/C17H17ClN2O2/c18-14-6-4-5-13(11-14)7-8-16(21)15(12-19)17(22)20-9-2-1-3-10-20/h4-8,11,15H,1-3,9-10H2/b8-7+/t15-/m0/s1. The molecule has 0 radical (unpaired) electrons. The highest BCUT2D eigenvalue weighted by Crippen LogP contribution is 2.15. The summed E-state index contributed by atoms with van der Waals surface area (Å²) in [7, 11) is 0. The van der Waals surface area contributed by atoms with Crippen LogP contribution in [0.4, 0.5) is 0 Å². The Bertz CT molecular complexity index is 628. The molecule has 0 aromatic heterocycles. The van der Waals surface area contributed by atoms with Gasteiger partial charge in [0.15, 0.2) is 11.7 Å². The number of nitriles is 1. The molecule has 1 fully saturated rings. The largest absolute Gasteiger partial charge is 0.341 e. The van der Waals surface area contributed by atoms with Crippen molar-refractivity contribution in [1.82, 2.24) is 4.90 Å². The molecule has 5 heteroatoms. The first-order valence-corrected chi connectivity index (χ1v) is 7.65. The number of nitrogens with zero attached hydrogens (tertiary/aromatic N) is 2. The first-order chi connectivity index (χ1) is 10.6. The van der Waals surface area contributed by atoms with Crippen LogP contribution >= 0.6 is 11.6 Å². The van der Waals surface area contributed by atoms with Gasteiger partial charge in [-0.15, -0.1) is 0 Å². The average molecular weight is 317 g/mol. The van der Waals surface area contributed by atoms with E-state index < -0.39 is 11.7 Å². The fourth-order valence-electron chi connectivity index (χ4n) is 2.42. The Hall–Kier alpha value is -2.12. The van der Waals surface area contributed by atoms with Gasteiger partial charge in [-0.25, -0.2) is 0 Å². The molecule has 22 heavy (non-hydrogen) atoms. The van der Waals surface area contributed by atoms with Crippen LogP contribution in [0.15, 0.2) is 30.3 Å². The van der Waals surface area contributed by atoms with Crippen molar-refractivity contribution >= 4 is 29.4 Å². The molecule has 1 aliphatic rings. The molecule has 0 spiro atoms. The summed E-state index contributed by atoms with van der Waals surface area (Å²) in [4.78, 5) is 26.0. The molecular formula is C17H17ClN2O2. The maximum Gasteiger partial charge on any atom is 0.247 e. The van der Waals surface area contributed by atoms with Gasteiger partial charge in [0.05, 0.1) is 6.07 Å². The van der Waals surface area contributed by atoms with Gasteiger partial charge in [0.1, 0.15) is 0 Å². The molecular weight excluding hydrogens is 300 g/mol. The quantitative estimate of drug-likeness (QED) is 0.633. The lowest BCUT2D eigenvalue weighted by Crippen LogP contribution is -2.41. The van der Waals surface area contributed by atoms with Crippen LogP contribution in [-0.4, -0.2) is 29.7 Å². The van der Waals surface area contributed by atoms with Crippen LogP contribution in [0.1, 0.15) is 24.8 Å². The number of carbonyl (C=O) groups is 2. The van der Waals surface area contributed by atoms with E-state index >= 15 is 0 Å². The van der Waals surface area contributed by atoms with Gasteiger partial charge in [-0.05, 0) is 43.0 Å². The number of halogens is 1. The predicted octanol–water partition coefficient (Wildman–Crippen LogP) is 3.07. The summed E-state index contributed by atoms with van der Waals surface area (Å²) in [6.45, 7) is 1.25. The minimum atomic E-state index is -1.26. The van der Waals surface area contributed by atoms with Crippen molar-refractivity contribution in [3.05, 3.63) is 40.9 Å². The highest BCUT2D eigenvalue weighted by Gasteiger charge is 2.29.